The molecular formula is C16H26O3. The Kier molecular flexibility index (Phi) is 7.49. The summed E-state index contributed by atoms with van der Waals surface area (Å²) in [7, 11) is 0. The number of aliphatic hydroxyl groups excluding tert-OH is 1. The van der Waals surface area contributed by atoms with E-state index in [4.69, 9.17) is 4.74 Å². The van der Waals surface area contributed by atoms with Crippen LogP contribution in [0.1, 0.15) is 64.7 Å². The molecule has 0 aromatic rings. The molecule has 1 N–H and O–H groups in total. The maximum Gasteiger partial charge on any atom is 0.341 e. The Bertz CT molecular complexity index is 331. The fraction of sp³-hybridized carbons (Fsp3) is 0.688. The lowest BCUT2D eigenvalue weighted by atomic mass is 10.1. The lowest BCUT2D eigenvalue weighted by Gasteiger charge is -2.01. The molecule has 0 unspecified atom stereocenters. The number of esters is 1. The van der Waals surface area contributed by atoms with Gasteiger partial charge in [0, 0.05) is 0 Å². The van der Waals surface area contributed by atoms with E-state index in [1.165, 1.54) is 44.9 Å². The number of carbonyl (C=O) groups excluding carboxylic acids is 1. The Morgan fingerprint density at radius 1 is 1.16 bits per heavy atom. The Hall–Kier alpha value is -1.09. The SMILES string of the molecule is C=C1OC(=O)/C(=C/CCCCCCCCCC)[C@@H]1O. The topological polar surface area (TPSA) is 46.5 Å². The average Bonchev–Trinajstić information content (AvgIpc) is 2.63. The molecule has 0 amide bonds. The fourth-order valence-electron chi connectivity index (χ4n) is 2.25. The summed E-state index contributed by atoms with van der Waals surface area (Å²) in [5, 5.41) is 9.64. The zero-order chi connectivity index (χ0) is 14.1. The summed E-state index contributed by atoms with van der Waals surface area (Å²) in [5.41, 5.74) is 0.355. The molecular weight excluding hydrogens is 240 g/mol. The average molecular weight is 266 g/mol. The lowest BCUT2D eigenvalue weighted by molar-refractivity contribution is -0.132. The zero-order valence-electron chi connectivity index (χ0n) is 12.0. The van der Waals surface area contributed by atoms with Crippen molar-refractivity contribution < 1.29 is 14.6 Å². The summed E-state index contributed by atoms with van der Waals surface area (Å²) >= 11 is 0. The minimum absolute atomic E-state index is 0.146. The van der Waals surface area contributed by atoms with Crippen LogP contribution in [0.5, 0.6) is 0 Å². The van der Waals surface area contributed by atoms with Crippen molar-refractivity contribution in [1.29, 1.82) is 0 Å². The van der Waals surface area contributed by atoms with Crippen LogP contribution in [0.3, 0.4) is 0 Å². The van der Waals surface area contributed by atoms with Gasteiger partial charge in [-0.2, -0.15) is 0 Å². The molecule has 1 heterocycles. The summed E-state index contributed by atoms with van der Waals surface area (Å²) in [6, 6.07) is 0. The van der Waals surface area contributed by atoms with Crippen LogP contribution in [0.25, 0.3) is 0 Å². The number of allylic oxidation sites excluding steroid dienone is 1. The largest absolute Gasteiger partial charge is 0.425 e. The van der Waals surface area contributed by atoms with Crippen LogP contribution in [0.4, 0.5) is 0 Å². The number of hydrogen-bond donors (Lipinski definition) is 1. The van der Waals surface area contributed by atoms with Gasteiger partial charge in [0.1, 0.15) is 11.9 Å². The zero-order valence-corrected chi connectivity index (χ0v) is 12.0. The summed E-state index contributed by atoms with van der Waals surface area (Å²) in [6.45, 7) is 5.72. The first kappa shape index (κ1) is 16.0. The second-order valence-electron chi connectivity index (χ2n) is 5.18. The van der Waals surface area contributed by atoms with Crippen LogP contribution in [0.2, 0.25) is 0 Å². The highest BCUT2D eigenvalue weighted by atomic mass is 16.6. The molecule has 3 heteroatoms. The molecule has 0 aliphatic carbocycles. The molecule has 0 radical (unpaired) electrons. The van der Waals surface area contributed by atoms with Gasteiger partial charge in [0.05, 0.1) is 5.57 Å². The van der Waals surface area contributed by atoms with E-state index in [2.05, 4.69) is 13.5 Å². The minimum atomic E-state index is -0.929. The van der Waals surface area contributed by atoms with Crippen molar-refractivity contribution >= 4 is 5.97 Å². The molecule has 0 aromatic carbocycles. The van der Waals surface area contributed by atoms with Crippen molar-refractivity contribution in [3.05, 3.63) is 24.0 Å². The lowest BCUT2D eigenvalue weighted by Crippen LogP contribution is -2.07. The summed E-state index contributed by atoms with van der Waals surface area (Å²) in [4.78, 5) is 11.4. The van der Waals surface area contributed by atoms with Gasteiger partial charge in [0.2, 0.25) is 0 Å². The molecule has 0 aromatic heterocycles. The molecule has 19 heavy (non-hydrogen) atoms. The highest BCUT2D eigenvalue weighted by Gasteiger charge is 2.32. The molecule has 1 aliphatic heterocycles. The second-order valence-corrected chi connectivity index (χ2v) is 5.18. The summed E-state index contributed by atoms with van der Waals surface area (Å²) in [5.74, 6) is -0.302. The number of unbranched alkanes of at least 4 members (excludes halogenated alkanes) is 8. The summed E-state index contributed by atoms with van der Waals surface area (Å²) in [6.07, 6.45) is 11.8. The molecule has 0 saturated carbocycles. The molecule has 1 saturated heterocycles. The summed E-state index contributed by atoms with van der Waals surface area (Å²) < 4.78 is 4.77. The van der Waals surface area contributed by atoms with Crippen LogP contribution in [-0.2, 0) is 9.53 Å². The molecule has 1 rings (SSSR count). The van der Waals surface area contributed by atoms with Crippen LogP contribution in [0.15, 0.2) is 24.0 Å². The quantitative estimate of drug-likeness (QED) is 0.391. The first-order chi connectivity index (χ1) is 9.16. The minimum Gasteiger partial charge on any atom is -0.425 e. The highest BCUT2D eigenvalue weighted by Crippen LogP contribution is 2.23. The van der Waals surface area contributed by atoms with Gasteiger partial charge in [-0.3, -0.25) is 0 Å². The van der Waals surface area contributed by atoms with E-state index in [0.29, 0.717) is 5.57 Å². The van der Waals surface area contributed by atoms with Gasteiger partial charge >= 0.3 is 5.97 Å². The van der Waals surface area contributed by atoms with Gasteiger partial charge in [-0.15, -0.1) is 0 Å². The van der Waals surface area contributed by atoms with Gasteiger partial charge in [0.25, 0.3) is 0 Å². The molecule has 1 aliphatic rings. The number of cyclic esters (lactones) is 1. The maximum atomic E-state index is 11.4. The third kappa shape index (κ3) is 5.60. The van der Waals surface area contributed by atoms with E-state index in [0.717, 1.165) is 12.8 Å². The third-order valence-electron chi connectivity index (χ3n) is 3.48. The molecule has 0 bridgehead atoms. The van der Waals surface area contributed by atoms with Gasteiger partial charge in [-0.25, -0.2) is 4.79 Å². The monoisotopic (exact) mass is 266 g/mol. The van der Waals surface area contributed by atoms with Crippen molar-refractivity contribution in [2.24, 2.45) is 0 Å². The predicted molar refractivity (Wildman–Crippen MR) is 76.5 cm³/mol. The highest BCUT2D eigenvalue weighted by molar-refractivity contribution is 5.93. The Morgan fingerprint density at radius 3 is 2.26 bits per heavy atom. The molecule has 3 nitrogen and oxygen atoms in total. The van der Waals surface area contributed by atoms with Crippen molar-refractivity contribution in [2.75, 3.05) is 0 Å². The van der Waals surface area contributed by atoms with E-state index in [1.807, 2.05) is 0 Å². The van der Waals surface area contributed by atoms with E-state index in [-0.39, 0.29) is 5.76 Å². The first-order valence-electron chi connectivity index (χ1n) is 7.46. The van der Waals surface area contributed by atoms with Crippen LogP contribution < -0.4 is 0 Å². The molecule has 1 fully saturated rings. The number of ether oxygens (including phenoxy) is 1. The van der Waals surface area contributed by atoms with Crippen LogP contribution in [0, 0.1) is 0 Å². The fourth-order valence-corrected chi connectivity index (χ4v) is 2.25. The normalized spacial score (nSPS) is 21.2. The number of carbonyl (C=O) groups is 1. The molecule has 0 spiro atoms. The number of hydrogen-bond acceptors (Lipinski definition) is 3. The number of aliphatic hydroxyl groups is 1. The van der Waals surface area contributed by atoms with Crippen LogP contribution in [-0.4, -0.2) is 17.2 Å². The number of rotatable bonds is 9. The molecule has 1 atom stereocenters. The van der Waals surface area contributed by atoms with E-state index < -0.39 is 12.1 Å². The van der Waals surface area contributed by atoms with Gasteiger partial charge in [-0.1, -0.05) is 64.5 Å². The van der Waals surface area contributed by atoms with Crippen molar-refractivity contribution in [3.63, 3.8) is 0 Å². The van der Waals surface area contributed by atoms with Crippen LogP contribution >= 0.6 is 0 Å². The maximum absolute atomic E-state index is 11.4. The standard InChI is InChI=1S/C16H26O3/c1-3-4-5-6-7-8-9-10-11-12-14-15(17)13(2)19-16(14)18/h12,15,17H,2-11H2,1H3/b14-12+/t15-/m1/s1. The van der Waals surface area contributed by atoms with Crippen molar-refractivity contribution in [2.45, 2.75) is 70.8 Å². The van der Waals surface area contributed by atoms with Gasteiger partial charge in [0.15, 0.2) is 0 Å². The smallest absolute Gasteiger partial charge is 0.341 e. The second kappa shape index (κ2) is 8.92. The van der Waals surface area contributed by atoms with E-state index >= 15 is 0 Å². The first-order valence-corrected chi connectivity index (χ1v) is 7.46. The molecule has 108 valence electrons. The van der Waals surface area contributed by atoms with Gasteiger partial charge < -0.3 is 9.84 Å². The van der Waals surface area contributed by atoms with Crippen molar-refractivity contribution in [3.8, 4) is 0 Å². The van der Waals surface area contributed by atoms with Crippen molar-refractivity contribution in [1.82, 2.24) is 0 Å². The van der Waals surface area contributed by atoms with E-state index in [9.17, 15) is 9.90 Å². The third-order valence-corrected chi connectivity index (χ3v) is 3.48. The van der Waals surface area contributed by atoms with Gasteiger partial charge in [-0.05, 0) is 12.8 Å². The Morgan fingerprint density at radius 2 is 1.74 bits per heavy atom. The van der Waals surface area contributed by atoms with E-state index in [1.54, 1.807) is 6.08 Å². The predicted octanol–water partition coefficient (Wildman–Crippen LogP) is 3.88. The Balaban J connectivity index is 2.07. The Labute approximate surface area is 116 Å².